The van der Waals surface area contributed by atoms with Gasteiger partial charge in [-0.25, -0.2) is 0 Å². The maximum Gasteiger partial charge on any atom is 0.303 e. The highest BCUT2D eigenvalue weighted by Gasteiger charge is 2.15. The largest absolute Gasteiger partial charge is 0.481 e. The monoisotopic (exact) mass is 287 g/mol. The summed E-state index contributed by atoms with van der Waals surface area (Å²) in [4.78, 5) is 22.5. The first-order chi connectivity index (χ1) is 9.97. The van der Waals surface area contributed by atoms with Gasteiger partial charge >= 0.3 is 5.97 Å². The van der Waals surface area contributed by atoms with Crippen LogP contribution in [0.4, 0.5) is 0 Å². The zero-order valence-corrected chi connectivity index (χ0v) is 12.4. The van der Waals surface area contributed by atoms with Gasteiger partial charge in [0.15, 0.2) is 0 Å². The number of carboxylic acids is 1. The molecule has 4 nitrogen and oxygen atoms in total. The lowest BCUT2D eigenvalue weighted by Crippen LogP contribution is -2.30. The van der Waals surface area contributed by atoms with E-state index in [9.17, 15) is 9.59 Å². The van der Waals surface area contributed by atoms with Gasteiger partial charge in [0.1, 0.15) is 0 Å². The molecular formula is C17H21NO3. The zero-order chi connectivity index (χ0) is 15.7. The van der Waals surface area contributed by atoms with E-state index < -0.39 is 5.97 Å². The predicted octanol–water partition coefficient (Wildman–Crippen LogP) is 2.29. The van der Waals surface area contributed by atoms with Gasteiger partial charge in [0.2, 0.25) is 0 Å². The summed E-state index contributed by atoms with van der Waals surface area (Å²) in [6.07, 6.45) is 0.823. The fraction of sp³-hybridized carbons (Fsp3) is 0.412. The van der Waals surface area contributed by atoms with Crippen LogP contribution in [0.3, 0.4) is 0 Å². The Hall–Kier alpha value is -2.28. The number of nitrogens with one attached hydrogen (secondary N) is 1. The molecule has 1 aromatic carbocycles. The number of benzene rings is 1. The molecule has 0 aliphatic heterocycles. The molecule has 1 amide bonds. The Morgan fingerprint density at radius 2 is 1.90 bits per heavy atom. The van der Waals surface area contributed by atoms with Gasteiger partial charge in [0.25, 0.3) is 5.91 Å². The van der Waals surface area contributed by atoms with Crippen molar-refractivity contribution in [2.45, 2.75) is 26.7 Å². The Balaban J connectivity index is 2.49. The van der Waals surface area contributed by atoms with Gasteiger partial charge in [-0.2, -0.15) is 0 Å². The van der Waals surface area contributed by atoms with E-state index >= 15 is 0 Å². The summed E-state index contributed by atoms with van der Waals surface area (Å²) < 4.78 is 0. The third-order valence-electron chi connectivity index (χ3n) is 2.91. The predicted molar refractivity (Wildman–Crippen MR) is 81.5 cm³/mol. The summed E-state index contributed by atoms with van der Waals surface area (Å²) in [7, 11) is 0. The number of rotatable bonds is 6. The van der Waals surface area contributed by atoms with Crippen LogP contribution in [-0.4, -0.2) is 23.5 Å². The maximum atomic E-state index is 11.7. The average molecular weight is 287 g/mol. The number of hydrogen-bond acceptors (Lipinski definition) is 2. The second-order valence-corrected chi connectivity index (χ2v) is 5.42. The SMILES string of the molecule is CC(C)C[C@H](CNC(=O)C#Cc1ccccc1)CC(=O)O. The van der Waals surface area contributed by atoms with Crippen molar-refractivity contribution in [1.29, 1.82) is 0 Å². The molecule has 112 valence electrons. The average Bonchev–Trinajstić information content (AvgIpc) is 2.42. The van der Waals surface area contributed by atoms with Gasteiger partial charge in [-0.3, -0.25) is 9.59 Å². The molecule has 4 heteroatoms. The minimum absolute atomic E-state index is 0.0601. The molecule has 0 saturated carbocycles. The number of carbonyl (C=O) groups is 2. The molecule has 21 heavy (non-hydrogen) atoms. The Bertz CT molecular complexity index is 526. The summed E-state index contributed by atoms with van der Waals surface area (Å²) in [5, 5.41) is 11.6. The molecule has 0 saturated heterocycles. The van der Waals surface area contributed by atoms with Crippen molar-refractivity contribution in [2.75, 3.05) is 6.54 Å². The summed E-state index contributed by atoms with van der Waals surface area (Å²) >= 11 is 0. The Morgan fingerprint density at radius 1 is 1.24 bits per heavy atom. The van der Waals surface area contributed by atoms with Crippen LogP contribution in [0, 0.1) is 23.7 Å². The van der Waals surface area contributed by atoms with Crippen molar-refractivity contribution in [3.05, 3.63) is 35.9 Å². The molecule has 2 N–H and O–H groups in total. The van der Waals surface area contributed by atoms with Crippen molar-refractivity contribution in [1.82, 2.24) is 5.32 Å². The van der Waals surface area contributed by atoms with Crippen molar-refractivity contribution in [3.63, 3.8) is 0 Å². The molecule has 0 unspecified atom stereocenters. The fourth-order valence-corrected chi connectivity index (χ4v) is 2.08. The minimum atomic E-state index is -0.842. The molecular weight excluding hydrogens is 266 g/mol. The molecule has 0 aromatic heterocycles. The smallest absolute Gasteiger partial charge is 0.303 e. The standard InChI is InChI=1S/C17H21NO3/c1-13(2)10-15(11-17(20)21)12-18-16(19)9-8-14-6-4-3-5-7-14/h3-7,13,15H,10-12H2,1-2H3,(H,18,19)(H,20,21)/t15-/m0/s1. The van der Waals surface area contributed by atoms with Gasteiger partial charge in [-0.15, -0.1) is 0 Å². The van der Waals surface area contributed by atoms with E-state index in [1.165, 1.54) is 0 Å². The van der Waals surface area contributed by atoms with E-state index in [0.717, 1.165) is 12.0 Å². The molecule has 0 radical (unpaired) electrons. The second-order valence-electron chi connectivity index (χ2n) is 5.42. The van der Waals surface area contributed by atoms with Crippen LogP contribution >= 0.6 is 0 Å². The van der Waals surface area contributed by atoms with Crippen LogP contribution in [0.1, 0.15) is 32.3 Å². The summed E-state index contributed by atoms with van der Waals surface area (Å²) in [5.74, 6) is 4.39. The Labute approximate surface area is 125 Å². The molecule has 0 bridgehead atoms. The third-order valence-corrected chi connectivity index (χ3v) is 2.91. The quantitative estimate of drug-likeness (QED) is 0.789. The van der Waals surface area contributed by atoms with Crippen molar-refractivity contribution < 1.29 is 14.7 Å². The van der Waals surface area contributed by atoms with Gasteiger partial charge in [-0.05, 0) is 30.4 Å². The summed E-state index contributed by atoms with van der Waals surface area (Å²) in [6.45, 7) is 4.41. The molecule has 0 aliphatic rings. The van der Waals surface area contributed by atoms with Crippen LogP contribution in [-0.2, 0) is 9.59 Å². The molecule has 0 heterocycles. The number of carboxylic acid groups (broad SMARTS) is 1. The lowest BCUT2D eigenvalue weighted by Gasteiger charge is -2.16. The van der Waals surface area contributed by atoms with Gasteiger partial charge in [0.05, 0.1) is 0 Å². The highest BCUT2D eigenvalue weighted by molar-refractivity contribution is 5.94. The van der Waals surface area contributed by atoms with Gasteiger partial charge < -0.3 is 10.4 Å². The summed E-state index contributed by atoms with van der Waals surface area (Å²) in [5.41, 5.74) is 0.775. The highest BCUT2D eigenvalue weighted by atomic mass is 16.4. The Kier molecular flexibility index (Phi) is 7.03. The Morgan fingerprint density at radius 3 is 2.48 bits per heavy atom. The van der Waals surface area contributed by atoms with E-state index in [1.807, 2.05) is 44.2 Å². The normalized spacial score (nSPS) is 11.4. The van der Waals surface area contributed by atoms with E-state index in [0.29, 0.717) is 12.5 Å². The van der Waals surface area contributed by atoms with Crippen LogP contribution in [0.5, 0.6) is 0 Å². The van der Waals surface area contributed by atoms with Crippen LogP contribution in [0.15, 0.2) is 30.3 Å². The van der Waals surface area contributed by atoms with Crippen LogP contribution < -0.4 is 5.32 Å². The number of carbonyl (C=O) groups excluding carboxylic acids is 1. The first-order valence-corrected chi connectivity index (χ1v) is 7.04. The van der Waals surface area contributed by atoms with Crippen molar-refractivity contribution in [2.24, 2.45) is 11.8 Å². The maximum absolute atomic E-state index is 11.7. The first kappa shape index (κ1) is 16.8. The topological polar surface area (TPSA) is 66.4 Å². The summed E-state index contributed by atoms with van der Waals surface area (Å²) in [6, 6.07) is 9.24. The number of hydrogen-bond donors (Lipinski definition) is 2. The molecule has 0 aliphatic carbocycles. The van der Waals surface area contributed by atoms with E-state index in [1.54, 1.807) is 0 Å². The van der Waals surface area contributed by atoms with E-state index in [2.05, 4.69) is 17.2 Å². The van der Waals surface area contributed by atoms with Crippen LogP contribution in [0.2, 0.25) is 0 Å². The van der Waals surface area contributed by atoms with Crippen LogP contribution in [0.25, 0.3) is 0 Å². The fourth-order valence-electron chi connectivity index (χ4n) is 2.08. The van der Waals surface area contributed by atoms with Gasteiger partial charge in [-0.1, -0.05) is 38.0 Å². The molecule has 1 rings (SSSR count). The minimum Gasteiger partial charge on any atom is -0.481 e. The number of aliphatic carboxylic acids is 1. The first-order valence-electron chi connectivity index (χ1n) is 7.04. The third kappa shape index (κ3) is 7.78. The lowest BCUT2D eigenvalue weighted by atomic mass is 9.94. The highest BCUT2D eigenvalue weighted by Crippen LogP contribution is 2.14. The number of amides is 1. The van der Waals surface area contributed by atoms with Crippen molar-refractivity contribution >= 4 is 11.9 Å². The molecule has 1 atom stereocenters. The second kappa shape index (κ2) is 8.80. The van der Waals surface area contributed by atoms with Crippen molar-refractivity contribution in [3.8, 4) is 11.8 Å². The molecule has 0 spiro atoms. The zero-order valence-electron chi connectivity index (χ0n) is 12.4. The molecule has 0 fully saturated rings. The van der Waals surface area contributed by atoms with E-state index in [4.69, 9.17) is 5.11 Å². The van der Waals surface area contributed by atoms with E-state index in [-0.39, 0.29) is 18.2 Å². The van der Waals surface area contributed by atoms with Gasteiger partial charge in [0, 0.05) is 24.4 Å². The lowest BCUT2D eigenvalue weighted by molar-refractivity contribution is -0.138. The molecule has 1 aromatic rings.